The first-order valence-electron chi connectivity index (χ1n) is 7.82. The molecule has 0 atom stereocenters. The van der Waals surface area contributed by atoms with E-state index in [1.54, 1.807) is 13.0 Å². The number of sulfonamides is 1. The van der Waals surface area contributed by atoms with Gasteiger partial charge in [-0.05, 0) is 50.2 Å². The Kier molecular flexibility index (Phi) is 5.12. The van der Waals surface area contributed by atoms with Gasteiger partial charge >= 0.3 is 0 Å². The molecule has 142 valence electrons. The summed E-state index contributed by atoms with van der Waals surface area (Å²) in [6.45, 7) is 3.61. The Morgan fingerprint density at radius 3 is 2.52 bits per heavy atom. The number of rotatable bonds is 5. The standard InChI is InChI=1S/C18H16ClFN2O4S/c1-10-11(2)21-26-18(10)12-4-7-16(25-3)17(8-12)27(23,24)22-15-6-5-13(19)9-14(15)20/h4-9,22H,1-3H3. The van der Waals surface area contributed by atoms with Crippen LogP contribution in [0.2, 0.25) is 5.02 Å². The summed E-state index contributed by atoms with van der Waals surface area (Å²) in [5, 5.41) is 4.04. The van der Waals surface area contributed by atoms with Crippen molar-refractivity contribution in [2.75, 3.05) is 11.8 Å². The largest absolute Gasteiger partial charge is 0.495 e. The van der Waals surface area contributed by atoms with Crippen LogP contribution in [0.15, 0.2) is 45.8 Å². The molecule has 9 heteroatoms. The highest BCUT2D eigenvalue weighted by Crippen LogP contribution is 2.33. The smallest absolute Gasteiger partial charge is 0.265 e. The van der Waals surface area contributed by atoms with Crippen molar-refractivity contribution in [1.82, 2.24) is 5.16 Å². The lowest BCUT2D eigenvalue weighted by Gasteiger charge is -2.13. The van der Waals surface area contributed by atoms with Gasteiger partial charge in [0.25, 0.3) is 10.0 Å². The van der Waals surface area contributed by atoms with Crippen molar-refractivity contribution in [3.8, 4) is 17.1 Å². The van der Waals surface area contributed by atoms with Gasteiger partial charge in [-0.15, -0.1) is 0 Å². The second-order valence-electron chi connectivity index (χ2n) is 5.82. The molecule has 1 N–H and O–H groups in total. The third-order valence-electron chi connectivity index (χ3n) is 4.05. The number of hydrogen-bond donors (Lipinski definition) is 1. The van der Waals surface area contributed by atoms with Crippen molar-refractivity contribution in [2.45, 2.75) is 18.7 Å². The van der Waals surface area contributed by atoms with Crippen LogP contribution in [0.4, 0.5) is 10.1 Å². The fraction of sp³-hybridized carbons (Fsp3) is 0.167. The molecule has 1 aromatic heterocycles. The number of halogens is 2. The van der Waals surface area contributed by atoms with Gasteiger partial charge in [0, 0.05) is 16.1 Å². The lowest BCUT2D eigenvalue weighted by Crippen LogP contribution is -2.15. The number of anilines is 1. The Labute approximate surface area is 160 Å². The van der Waals surface area contributed by atoms with Gasteiger partial charge in [0.2, 0.25) is 0 Å². The summed E-state index contributed by atoms with van der Waals surface area (Å²) in [6.07, 6.45) is 0. The average Bonchev–Trinajstić information content (AvgIpc) is 2.96. The minimum Gasteiger partial charge on any atom is -0.495 e. The Morgan fingerprint density at radius 1 is 1.19 bits per heavy atom. The van der Waals surface area contributed by atoms with Crippen molar-refractivity contribution in [1.29, 1.82) is 0 Å². The number of nitrogens with one attached hydrogen (secondary N) is 1. The van der Waals surface area contributed by atoms with E-state index in [0.717, 1.165) is 11.6 Å². The van der Waals surface area contributed by atoms with Crippen LogP contribution in [0, 0.1) is 19.7 Å². The van der Waals surface area contributed by atoms with Crippen molar-refractivity contribution in [3.05, 3.63) is 58.5 Å². The molecule has 6 nitrogen and oxygen atoms in total. The van der Waals surface area contributed by atoms with Gasteiger partial charge in [0.05, 0.1) is 18.5 Å². The molecule has 27 heavy (non-hydrogen) atoms. The Hall–Kier alpha value is -2.58. The topological polar surface area (TPSA) is 81.4 Å². The minimum atomic E-state index is -4.15. The maximum absolute atomic E-state index is 14.0. The summed E-state index contributed by atoms with van der Waals surface area (Å²) >= 11 is 5.70. The van der Waals surface area contributed by atoms with Gasteiger partial charge in [-0.3, -0.25) is 4.72 Å². The number of aromatic nitrogens is 1. The normalized spacial score (nSPS) is 11.4. The zero-order valence-corrected chi connectivity index (χ0v) is 16.3. The van der Waals surface area contributed by atoms with Crippen LogP contribution in [-0.4, -0.2) is 20.7 Å². The lowest BCUT2D eigenvalue weighted by molar-refractivity contribution is 0.402. The monoisotopic (exact) mass is 410 g/mol. The Morgan fingerprint density at radius 2 is 1.93 bits per heavy atom. The number of nitrogens with zero attached hydrogens (tertiary/aromatic N) is 1. The van der Waals surface area contributed by atoms with E-state index in [0.29, 0.717) is 17.0 Å². The third-order valence-corrected chi connectivity index (χ3v) is 5.67. The van der Waals surface area contributed by atoms with Gasteiger partial charge in [0.15, 0.2) is 5.76 Å². The maximum Gasteiger partial charge on any atom is 0.265 e. The van der Waals surface area contributed by atoms with Crippen LogP contribution in [0.1, 0.15) is 11.3 Å². The molecule has 3 aromatic rings. The molecule has 0 aliphatic carbocycles. The highest BCUT2D eigenvalue weighted by Gasteiger charge is 2.23. The Bertz CT molecular complexity index is 1110. The van der Waals surface area contributed by atoms with Crippen molar-refractivity contribution in [2.24, 2.45) is 0 Å². The van der Waals surface area contributed by atoms with Gasteiger partial charge in [-0.1, -0.05) is 16.8 Å². The molecule has 3 rings (SSSR count). The van der Waals surface area contributed by atoms with E-state index in [9.17, 15) is 12.8 Å². The van der Waals surface area contributed by atoms with Crippen LogP contribution in [0.5, 0.6) is 5.75 Å². The van der Waals surface area contributed by atoms with Gasteiger partial charge in [-0.2, -0.15) is 0 Å². The maximum atomic E-state index is 14.0. The summed E-state index contributed by atoms with van der Waals surface area (Å²) < 4.78 is 52.4. The summed E-state index contributed by atoms with van der Waals surface area (Å²) in [4.78, 5) is -0.162. The second-order valence-corrected chi connectivity index (χ2v) is 7.90. The van der Waals surface area contributed by atoms with E-state index in [4.69, 9.17) is 20.9 Å². The number of methoxy groups -OCH3 is 1. The first-order chi connectivity index (χ1) is 12.7. The summed E-state index contributed by atoms with van der Waals surface area (Å²) in [5.41, 5.74) is 1.77. The van der Waals surface area contributed by atoms with E-state index in [-0.39, 0.29) is 21.4 Å². The van der Waals surface area contributed by atoms with Gasteiger partial charge in [-0.25, -0.2) is 12.8 Å². The lowest BCUT2D eigenvalue weighted by atomic mass is 10.1. The molecular formula is C18H16ClFN2O4S. The quantitative estimate of drug-likeness (QED) is 0.666. The molecule has 1 heterocycles. The van der Waals surface area contributed by atoms with Crippen molar-refractivity contribution >= 4 is 27.3 Å². The van der Waals surface area contributed by atoms with E-state index in [1.807, 2.05) is 6.92 Å². The predicted octanol–water partition coefficient (Wildman–Crippen LogP) is 4.56. The summed E-state index contributed by atoms with van der Waals surface area (Å²) in [6, 6.07) is 8.20. The molecule has 0 spiro atoms. The van der Waals surface area contributed by atoms with Crippen molar-refractivity contribution in [3.63, 3.8) is 0 Å². The van der Waals surface area contributed by atoms with E-state index >= 15 is 0 Å². The van der Waals surface area contributed by atoms with E-state index in [2.05, 4.69) is 9.88 Å². The molecule has 0 aliphatic rings. The minimum absolute atomic E-state index is 0.106. The SMILES string of the molecule is COc1ccc(-c2onc(C)c2C)cc1S(=O)(=O)Nc1ccc(Cl)cc1F. The first kappa shape index (κ1) is 19.2. The van der Waals surface area contributed by atoms with Crippen LogP contribution in [0.25, 0.3) is 11.3 Å². The summed E-state index contributed by atoms with van der Waals surface area (Å²) in [5.74, 6) is -0.235. The number of ether oxygens (including phenoxy) is 1. The van der Waals surface area contributed by atoms with E-state index < -0.39 is 15.8 Å². The number of hydrogen-bond acceptors (Lipinski definition) is 5. The van der Waals surface area contributed by atoms with Crippen LogP contribution in [-0.2, 0) is 10.0 Å². The highest BCUT2D eigenvalue weighted by molar-refractivity contribution is 7.92. The molecular weight excluding hydrogens is 395 g/mol. The molecule has 0 fully saturated rings. The predicted molar refractivity (Wildman–Crippen MR) is 100 cm³/mol. The number of aryl methyl sites for hydroxylation is 1. The van der Waals surface area contributed by atoms with Gasteiger partial charge < -0.3 is 9.26 Å². The molecule has 0 amide bonds. The zero-order valence-electron chi connectivity index (χ0n) is 14.7. The third kappa shape index (κ3) is 3.77. The number of benzene rings is 2. The average molecular weight is 411 g/mol. The molecule has 0 unspecified atom stereocenters. The molecule has 0 saturated carbocycles. The molecule has 0 aliphatic heterocycles. The van der Waals surface area contributed by atoms with Crippen molar-refractivity contribution < 1.29 is 22.1 Å². The Balaban J connectivity index is 2.08. The molecule has 2 aromatic carbocycles. The molecule has 0 radical (unpaired) electrons. The molecule has 0 saturated heterocycles. The van der Waals surface area contributed by atoms with Crippen LogP contribution >= 0.6 is 11.6 Å². The zero-order chi connectivity index (χ0) is 19.8. The highest BCUT2D eigenvalue weighted by atomic mass is 35.5. The van der Waals surface area contributed by atoms with E-state index in [1.165, 1.54) is 31.4 Å². The van der Waals surface area contributed by atoms with Crippen LogP contribution < -0.4 is 9.46 Å². The summed E-state index contributed by atoms with van der Waals surface area (Å²) in [7, 11) is -2.80. The van der Waals surface area contributed by atoms with Gasteiger partial charge in [0.1, 0.15) is 16.5 Å². The van der Waals surface area contributed by atoms with Crippen LogP contribution in [0.3, 0.4) is 0 Å². The fourth-order valence-corrected chi connectivity index (χ4v) is 3.91. The molecule has 0 bridgehead atoms. The fourth-order valence-electron chi connectivity index (χ4n) is 2.48. The second kappa shape index (κ2) is 7.21. The first-order valence-corrected chi connectivity index (χ1v) is 9.68.